The van der Waals surface area contributed by atoms with Crippen LogP contribution in [0.25, 0.3) is 11.5 Å². The summed E-state index contributed by atoms with van der Waals surface area (Å²) >= 11 is 5.74. The Labute approximate surface area is 114 Å². The van der Waals surface area contributed by atoms with Crippen molar-refractivity contribution in [3.63, 3.8) is 0 Å². The van der Waals surface area contributed by atoms with Crippen LogP contribution in [0.1, 0.15) is 31.5 Å². The fourth-order valence-electron chi connectivity index (χ4n) is 2.43. The number of benzene rings is 1. The van der Waals surface area contributed by atoms with Gasteiger partial charge in [0.25, 0.3) is 5.89 Å². The first-order valence-electron chi connectivity index (χ1n) is 6.18. The first-order chi connectivity index (χ1) is 9.10. The molecule has 1 heterocycles. The van der Waals surface area contributed by atoms with Crippen LogP contribution in [0, 0.1) is 5.82 Å². The van der Waals surface area contributed by atoms with Gasteiger partial charge in [-0.05, 0) is 25.0 Å². The number of aromatic nitrogens is 2. The lowest BCUT2D eigenvalue weighted by Crippen LogP contribution is -2.34. The topological polar surface area (TPSA) is 64.9 Å². The Balaban J connectivity index is 1.99. The van der Waals surface area contributed by atoms with Gasteiger partial charge in [0.05, 0.1) is 16.1 Å². The Bertz CT molecular complexity index is 608. The zero-order valence-corrected chi connectivity index (χ0v) is 11.0. The summed E-state index contributed by atoms with van der Waals surface area (Å²) in [5.74, 6) is 0.00274. The van der Waals surface area contributed by atoms with Crippen molar-refractivity contribution < 1.29 is 8.91 Å². The summed E-state index contributed by atoms with van der Waals surface area (Å²) in [6, 6.07) is 4.66. The summed E-state index contributed by atoms with van der Waals surface area (Å²) in [6.45, 7) is 0. The molecule has 0 spiro atoms. The smallest absolute Gasteiger partial charge is 0.261 e. The number of rotatable bonds is 2. The highest BCUT2D eigenvalue weighted by atomic mass is 35.5. The first kappa shape index (κ1) is 12.6. The number of hydrogen-bond acceptors (Lipinski definition) is 4. The number of halogens is 2. The van der Waals surface area contributed by atoms with Gasteiger partial charge in [-0.2, -0.15) is 4.98 Å². The highest BCUT2D eigenvalue weighted by molar-refractivity contribution is 6.31. The normalized spacial score (nSPS) is 17.8. The molecule has 1 fully saturated rings. The van der Waals surface area contributed by atoms with Crippen molar-refractivity contribution in [3.8, 4) is 11.5 Å². The Morgan fingerprint density at radius 1 is 1.32 bits per heavy atom. The Hall–Kier alpha value is -1.46. The maximum atomic E-state index is 13.9. The molecule has 1 aliphatic rings. The molecule has 0 aliphatic heterocycles. The van der Waals surface area contributed by atoms with E-state index in [-0.39, 0.29) is 16.5 Å². The molecule has 2 N–H and O–H groups in total. The van der Waals surface area contributed by atoms with Crippen molar-refractivity contribution in [3.05, 3.63) is 34.9 Å². The first-order valence-corrected chi connectivity index (χ1v) is 6.55. The standard InChI is InChI=1S/C13H13ClFN3O/c14-9-5-3-4-8(10(9)15)11-17-12(18-19-11)13(16)6-1-2-7-13/h3-5H,1-2,6-7,16H2. The van der Waals surface area contributed by atoms with E-state index < -0.39 is 11.4 Å². The molecule has 2 aromatic rings. The summed E-state index contributed by atoms with van der Waals surface area (Å²) < 4.78 is 19.0. The minimum Gasteiger partial charge on any atom is -0.334 e. The predicted molar refractivity (Wildman–Crippen MR) is 69.0 cm³/mol. The molecule has 19 heavy (non-hydrogen) atoms. The third kappa shape index (κ3) is 2.13. The minimum absolute atomic E-state index is 0.0283. The zero-order chi connectivity index (χ0) is 13.5. The van der Waals surface area contributed by atoms with Crippen molar-refractivity contribution in [2.75, 3.05) is 0 Å². The van der Waals surface area contributed by atoms with Gasteiger partial charge in [0.1, 0.15) is 0 Å². The molecule has 1 aliphatic carbocycles. The van der Waals surface area contributed by atoms with Crippen LogP contribution in [-0.2, 0) is 5.54 Å². The molecule has 1 saturated carbocycles. The van der Waals surface area contributed by atoms with E-state index in [1.165, 1.54) is 6.07 Å². The summed E-state index contributed by atoms with van der Waals surface area (Å²) in [6.07, 6.45) is 3.74. The average molecular weight is 282 g/mol. The monoisotopic (exact) mass is 281 g/mol. The summed E-state index contributed by atoms with van der Waals surface area (Å²) in [7, 11) is 0. The van der Waals surface area contributed by atoms with Crippen molar-refractivity contribution in [2.45, 2.75) is 31.2 Å². The SMILES string of the molecule is NC1(c2noc(-c3cccc(Cl)c3F)n2)CCCC1. The van der Waals surface area contributed by atoms with Gasteiger partial charge in [0, 0.05) is 0 Å². The number of nitrogens with two attached hydrogens (primary N) is 1. The minimum atomic E-state index is -0.558. The molecule has 0 radical (unpaired) electrons. The Morgan fingerprint density at radius 2 is 2.05 bits per heavy atom. The van der Waals surface area contributed by atoms with Gasteiger partial charge < -0.3 is 10.3 Å². The highest BCUT2D eigenvalue weighted by Crippen LogP contribution is 2.36. The second kappa shape index (κ2) is 4.58. The van der Waals surface area contributed by atoms with Crippen LogP contribution >= 0.6 is 11.6 Å². The second-order valence-corrected chi connectivity index (χ2v) is 5.29. The lowest BCUT2D eigenvalue weighted by atomic mass is 9.99. The zero-order valence-electron chi connectivity index (χ0n) is 10.2. The quantitative estimate of drug-likeness (QED) is 0.917. The molecule has 1 aromatic carbocycles. The molecule has 0 saturated heterocycles. The van der Waals surface area contributed by atoms with Crippen LogP contribution in [0.15, 0.2) is 22.7 Å². The van der Waals surface area contributed by atoms with E-state index in [0.717, 1.165) is 25.7 Å². The van der Waals surface area contributed by atoms with Gasteiger partial charge in [-0.1, -0.05) is 35.7 Å². The number of hydrogen-bond donors (Lipinski definition) is 1. The van der Waals surface area contributed by atoms with Crippen LogP contribution in [0.2, 0.25) is 5.02 Å². The molecule has 100 valence electrons. The second-order valence-electron chi connectivity index (χ2n) is 4.89. The molecule has 1 aromatic heterocycles. The van der Waals surface area contributed by atoms with Gasteiger partial charge in [0.15, 0.2) is 11.6 Å². The lowest BCUT2D eigenvalue weighted by Gasteiger charge is -2.17. The van der Waals surface area contributed by atoms with Crippen molar-refractivity contribution in [2.24, 2.45) is 5.73 Å². The molecule has 0 amide bonds. The van der Waals surface area contributed by atoms with E-state index >= 15 is 0 Å². The van der Waals surface area contributed by atoms with E-state index in [1.54, 1.807) is 12.1 Å². The van der Waals surface area contributed by atoms with E-state index in [4.69, 9.17) is 21.9 Å². The molecular weight excluding hydrogens is 269 g/mol. The van der Waals surface area contributed by atoms with E-state index in [1.807, 2.05) is 0 Å². The van der Waals surface area contributed by atoms with Crippen molar-refractivity contribution in [1.29, 1.82) is 0 Å². The van der Waals surface area contributed by atoms with Crippen LogP contribution in [0.4, 0.5) is 4.39 Å². The lowest BCUT2D eigenvalue weighted by molar-refractivity contribution is 0.372. The maximum Gasteiger partial charge on any atom is 0.261 e. The van der Waals surface area contributed by atoms with Crippen molar-refractivity contribution >= 4 is 11.6 Å². The fourth-order valence-corrected chi connectivity index (χ4v) is 2.61. The van der Waals surface area contributed by atoms with E-state index in [9.17, 15) is 4.39 Å². The third-order valence-electron chi connectivity index (χ3n) is 3.55. The van der Waals surface area contributed by atoms with Crippen LogP contribution in [-0.4, -0.2) is 10.1 Å². The summed E-state index contributed by atoms with van der Waals surface area (Å²) in [5.41, 5.74) is 5.89. The number of nitrogens with zero attached hydrogens (tertiary/aromatic N) is 2. The van der Waals surface area contributed by atoms with Gasteiger partial charge in [-0.3, -0.25) is 0 Å². The summed E-state index contributed by atoms with van der Waals surface area (Å²) in [5, 5.41) is 3.92. The van der Waals surface area contributed by atoms with Crippen LogP contribution in [0.5, 0.6) is 0 Å². The largest absolute Gasteiger partial charge is 0.334 e. The molecule has 0 unspecified atom stereocenters. The van der Waals surface area contributed by atoms with Gasteiger partial charge in [0.2, 0.25) is 0 Å². The Morgan fingerprint density at radius 3 is 2.79 bits per heavy atom. The molecule has 6 heteroatoms. The van der Waals surface area contributed by atoms with Crippen LogP contribution < -0.4 is 5.73 Å². The van der Waals surface area contributed by atoms with Gasteiger partial charge in [-0.15, -0.1) is 0 Å². The molecule has 0 atom stereocenters. The third-order valence-corrected chi connectivity index (χ3v) is 3.84. The molecule has 0 bridgehead atoms. The van der Waals surface area contributed by atoms with Gasteiger partial charge in [-0.25, -0.2) is 4.39 Å². The van der Waals surface area contributed by atoms with Gasteiger partial charge >= 0.3 is 0 Å². The molecule has 4 nitrogen and oxygen atoms in total. The van der Waals surface area contributed by atoms with E-state index in [2.05, 4.69) is 10.1 Å². The Kier molecular flexibility index (Phi) is 3.03. The molecular formula is C13H13ClFN3O. The van der Waals surface area contributed by atoms with Crippen molar-refractivity contribution in [1.82, 2.24) is 10.1 Å². The average Bonchev–Trinajstić information content (AvgIpc) is 3.02. The highest BCUT2D eigenvalue weighted by Gasteiger charge is 2.36. The fraction of sp³-hybridized carbons (Fsp3) is 0.385. The van der Waals surface area contributed by atoms with Crippen LogP contribution in [0.3, 0.4) is 0 Å². The molecule has 3 rings (SSSR count). The maximum absolute atomic E-state index is 13.9. The summed E-state index contributed by atoms with van der Waals surface area (Å²) in [4.78, 5) is 4.23. The van der Waals surface area contributed by atoms with E-state index in [0.29, 0.717) is 5.82 Å². The predicted octanol–water partition coefficient (Wildman–Crippen LogP) is 3.26.